The van der Waals surface area contributed by atoms with Crippen molar-refractivity contribution in [2.75, 3.05) is 6.54 Å². The van der Waals surface area contributed by atoms with Crippen molar-refractivity contribution in [2.24, 2.45) is 4.99 Å². The molecule has 3 rings (SSSR count). The van der Waals surface area contributed by atoms with Gasteiger partial charge in [0.1, 0.15) is 12.3 Å². The van der Waals surface area contributed by atoms with E-state index in [1.54, 1.807) is 24.4 Å². The van der Waals surface area contributed by atoms with Crippen molar-refractivity contribution in [1.29, 1.82) is 0 Å². The van der Waals surface area contributed by atoms with Gasteiger partial charge in [-0.25, -0.2) is 0 Å². The first-order chi connectivity index (χ1) is 15.1. The van der Waals surface area contributed by atoms with Crippen LogP contribution < -0.4 is 0 Å². The number of hydrogen-bond acceptors (Lipinski definition) is 6. The highest BCUT2D eigenvalue weighted by molar-refractivity contribution is 7.14. The van der Waals surface area contributed by atoms with Crippen LogP contribution in [-0.4, -0.2) is 29.3 Å². The molecule has 9 heteroatoms. The lowest BCUT2D eigenvalue weighted by molar-refractivity contribution is -0.191. The van der Waals surface area contributed by atoms with Crippen molar-refractivity contribution in [1.82, 2.24) is 0 Å². The lowest BCUT2D eigenvalue weighted by atomic mass is 10.1. The number of carbonyl (C=O) groups excluding carboxylic acids is 3. The summed E-state index contributed by atoms with van der Waals surface area (Å²) in [6, 6.07) is 12.0. The number of rotatable bonds is 5. The summed E-state index contributed by atoms with van der Waals surface area (Å²) in [5.74, 6) is -0.296. The molecule has 5 nitrogen and oxygen atoms in total. The van der Waals surface area contributed by atoms with Gasteiger partial charge >= 0.3 is 12.3 Å². The SMILES string of the molecule is CC(=NCC(=O)c1ccc(C)cc1)c1csc(-c2cccc(C(F)(F)F)c2)c1O.O=C=O. The predicted octanol–water partition coefficient (Wildman–Crippen LogP) is 5.56. The van der Waals surface area contributed by atoms with Crippen LogP contribution in [0.2, 0.25) is 0 Å². The van der Waals surface area contributed by atoms with Crippen LogP contribution >= 0.6 is 11.3 Å². The molecule has 0 unspecified atom stereocenters. The van der Waals surface area contributed by atoms with Crippen molar-refractivity contribution in [3.8, 4) is 16.2 Å². The Balaban J connectivity index is 0.00000114. The number of halogens is 3. The Morgan fingerprint density at radius 1 is 1.12 bits per heavy atom. The zero-order valence-corrected chi connectivity index (χ0v) is 17.9. The third-order valence-corrected chi connectivity index (χ3v) is 5.46. The Morgan fingerprint density at radius 3 is 2.34 bits per heavy atom. The van der Waals surface area contributed by atoms with Crippen molar-refractivity contribution in [3.05, 3.63) is 76.2 Å². The number of aromatic hydroxyl groups is 1. The van der Waals surface area contributed by atoms with Gasteiger partial charge in [0.2, 0.25) is 0 Å². The summed E-state index contributed by atoms with van der Waals surface area (Å²) < 4.78 is 38.8. The fourth-order valence-electron chi connectivity index (χ4n) is 2.76. The second kappa shape index (κ2) is 10.7. The second-order valence-corrected chi connectivity index (χ2v) is 7.56. The number of ketones is 1. The molecule has 2 aromatic carbocycles. The Morgan fingerprint density at radius 2 is 1.75 bits per heavy atom. The molecule has 3 aromatic rings. The maximum atomic E-state index is 12.9. The first kappa shape index (κ1) is 24.7. The average Bonchev–Trinajstić information content (AvgIpc) is 3.14. The Kier molecular flexibility index (Phi) is 8.23. The third kappa shape index (κ3) is 6.23. The van der Waals surface area contributed by atoms with Gasteiger partial charge in [0, 0.05) is 22.2 Å². The molecule has 0 aliphatic carbocycles. The number of nitrogens with zero attached hydrogens (tertiary/aromatic N) is 1. The summed E-state index contributed by atoms with van der Waals surface area (Å²) >= 11 is 1.13. The van der Waals surface area contributed by atoms with E-state index in [4.69, 9.17) is 9.59 Å². The lowest BCUT2D eigenvalue weighted by Gasteiger charge is -2.08. The quantitative estimate of drug-likeness (QED) is 0.399. The minimum atomic E-state index is -4.46. The van der Waals surface area contributed by atoms with Crippen molar-refractivity contribution >= 4 is 29.0 Å². The Hall–Kier alpha value is -3.55. The molecule has 0 atom stereocenters. The first-order valence-corrected chi connectivity index (χ1v) is 10.0. The molecule has 0 radical (unpaired) electrons. The van der Waals surface area contributed by atoms with Crippen LogP contribution in [-0.2, 0) is 15.8 Å². The number of aryl methyl sites for hydroxylation is 1. The van der Waals surface area contributed by atoms with E-state index in [9.17, 15) is 23.1 Å². The summed E-state index contributed by atoms with van der Waals surface area (Å²) in [5, 5.41) is 12.1. The molecule has 0 saturated carbocycles. The van der Waals surface area contributed by atoms with E-state index in [1.807, 2.05) is 19.1 Å². The number of aliphatic imine (C=N–C) groups is 1. The van der Waals surface area contributed by atoms with Gasteiger partial charge in [0.05, 0.1) is 10.4 Å². The van der Waals surface area contributed by atoms with Crippen molar-refractivity contribution in [3.63, 3.8) is 0 Å². The Labute approximate surface area is 185 Å². The van der Waals surface area contributed by atoms with Gasteiger partial charge in [-0.15, -0.1) is 11.3 Å². The number of carbonyl (C=O) groups is 1. The molecule has 0 aliphatic rings. The number of benzene rings is 2. The molecule has 1 heterocycles. The average molecular weight is 461 g/mol. The van der Waals surface area contributed by atoms with Crippen molar-refractivity contribution < 1.29 is 32.7 Å². The summed E-state index contributed by atoms with van der Waals surface area (Å²) in [5.41, 5.74) is 1.94. The number of alkyl halides is 3. The van der Waals surface area contributed by atoms with Crippen LogP contribution in [0.1, 0.15) is 34.0 Å². The molecule has 0 fully saturated rings. The highest BCUT2D eigenvalue weighted by Crippen LogP contribution is 2.40. The fourth-order valence-corrected chi connectivity index (χ4v) is 3.76. The van der Waals surface area contributed by atoms with Crippen LogP contribution in [0, 0.1) is 6.92 Å². The van der Waals surface area contributed by atoms with Crippen LogP contribution in [0.5, 0.6) is 5.75 Å². The summed E-state index contributed by atoms with van der Waals surface area (Å²) in [4.78, 5) is 33.1. The summed E-state index contributed by atoms with van der Waals surface area (Å²) in [6.07, 6.45) is -4.21. The van der Waals surface area contributed by atoms with Gasteiger partial charge < -0.3 is 5.11 Å². The van der Waals surface area contributed by atoms with Gasteiger partial charge in [-0.1, -0.05) is 42.0 Å². The zero-order chi connectivity index (χ0) is 23.9. The van der Waals surface area contributed by atoms with Gasteiger partial charge in [0.25, 0.3) is 0 Å². The highest BCUT2D eigenvalue weighted by Gasteiger charge is 2.30. The molecule has 0 amide bonds. The summed E-state index contributed by atoms with van der Waals surface area (Å²) in [6.45, 7) is 3.50. The van der Waals surface area contributed by atoms with E-state index in [0.717, 1.165) is 29.0 Å². The number of thiophene rings is 1. The molecular formula is C23H18F3NO4S. The third-order valence-electron chi connectivity index (χ3n) is 4.44. The molecule has 0 saturated heterocycles. The Bertz CT molecular complexity index is 1160. The minimum absolute atomic E-state index is 0.0803. The van der Waals surface area contributed by atoms with Gasteiger partial charge in [-0.05, 0) is 31.5 Å². The van der Waals surface area contributed by atoms with E-state index in [1.165, 1.54) is 12.1 Å². The van der Waals surface area contributed by atoms with Crippen LogP contribution in [0.3, 0.4) is 0 Å². The fraction of sp³-hybridized carbons (Fsp3) is 0.174. The molecule has 0 spiro atoms. The maximum Gasteiger partial charge on any atom is 0.416 e. The molecular weight excluding hydrogens is 443 g/mol. The molecule has 166 valence electrons. The van der Waals surface area contributed by atoms with Crippen LogP contribution in [0.25, 0.3) is 10.4 Å². The van der Waals surface area contributed by atoms with Gasteiger partial charge in [0.15, 0.2) is 5.78 Å². The minimum Gasteiger partial charge on any atom is -0.506 e. The molecule has 32 heavy (non-hydrogen) atoms. The normalized spacial score (nSPS) is 11.3. The number of hydrogen-bond donors (Lipinski definition) is 1. The number of Topliss-reactive ketones (excluding diaryl/α,β-unsaturated/α-hetero) is 1. The van der Waals surface area contributed by atoms with Gasteiger partial charge in [-0.2, -0.15) is 22.8 Å². The van der Waals surface area contributed by atoms with Crippen LogP contribution in [0.15, 0.2) is 58.9 Å². The predicted molar refractivity (Wildman–Crippen MR) is 114 cm³/mol. The smallest absolute Gasteiger partial charge is 0.416 e. The topological polar surface area (TPSA) is 83.8 Å². The molecule has 1 N–H and O–H groups in total. The largest absolute Gasteiger partial charge is 0.506 e. The van der Waals surface area contributed by atoms with E-state index in [0.29, 0.717) is 21.7 Å². The van der Waals surface area contributed by atoms with E-state index in [-0.39, 0.29) is 29.8 Å². The van der Waals surface area contributed by atoms with Gasteiger partial charge in [-0.3, -0.25) is 9.79 Å². The van der Waals surface area contributed by atoms with E-state index in [2.05, 4.69) is 4.99 Å². The molecule has 0 bridgehead atoms. The lowest BCUT2D eigenvalue weighted by Crippen LogP contribution is -2.06. The maximum absolute atomic E-state index is 12.9. The second-order valence-electron chi connectivity index (χ2n) is 6.68. The van der Waals surface area contributed by atoms with Crippen molar-refractivity contribution in [2.45, 2.75) is 20.0 Å². The standard InChI is InChI=1S/C22H18F3NO2S.CO2/c1-13-6-8-15(9-7-13)19(27)11-26-14(2)18-12-29-21(20(18)28)16-4-3-5-17(10-16)22(23,24)25;2-1-3/h3-10,12,28H,11H2,1-2H3;. The van der Waals surface area contributed by atoms with Crippen LogP contribution in [0.4, 0.5) is 13.2 Å². The molecule has 0 aliphatic heterocycles. The summed E-state index contributed by atoms with van der Waals surface area (Å²) in [7, 11) is 0. The zero-order valence-electron chi connectivity index (χ0n) is 17.1. The highest BCUT2D eigenvalue weighted by atomic mass is 32.1. The van der Waals surface area contributed by atoms with E-state index >= 15 is 0 Å². The molecule has 1 aromatic heterocycles. The van der Waals surface area contributed by atoms with E-state index < -0.39 is 11.7 Å². The first-order valence-electron chi connectivity index (χ1n) is 9.17. The monoisotopic (exact) mass is 461 g/mol.